The van der Waals surface area contributed by atoms with Crippen LogP contribution in [-0.4, -0.2) is 11.2 Å². The fourth-order valence-electron chi connectivity index (χ4n) is 2.38. The maximum atomic E-state index is 9.84. The molecule has 0 saturated heterocycles. The van der Waals surface area contributed by atoms with Crippen LogP contribution >= 0.6 is 0 Å². The van der Waals surface area contributed by atoms with Gasteiger partial charge in [0, 0.05) is 0 Å². The second-order valence-electron chi connectivity index (χ2n) is 5.09. The third kappa shape index (κ3) is 2.48. The van der Waals surface area contributed by atoms with E-state index in [1.807, 2.05) is 18.2 Å². The molecule has 15 heavy (non-hydrogen) atoms. The maximum Gasteiger partial charge on any atom is 0.0588 e. The lowest BCUT2D eigenvalue weighted by Crippen LogP contribution is -2.24. The van der Waals surface area contributed by atoms with Gasteiger partial charge in [-0.05, 0) is 29.4 Å². The normalized spacial score (nSPS) is 24.7. The average Bonchev–Trinajstić information content (AvgIpc) is 2.16. The molecule has 0 aliphatic heterocycles. The molecule has 1 atom stereocenters. The molecule has 0 saturated carbocycles. The minimum absolute atomic E-state index is 0.114. The van der Waals surface area contributed by atoms with E-state index < -0.39 is 0 Å². The lowest BCUT2D eigenvalue weighted by Gasteiger charge is -2.31. The summed E-state index contributed by atoms with van der Waals surface area (Å²) in [5.41, 5.74) is 2.63. The van der Waals surface area contributed by atoms with Crippen molar-refractivity contribution in [1.82, 2.24) is 0 Å². The van der Waals surface area contributed by atoms with Gasteiger partial charge < -0.3 is 5.11 Å². The molecule has 1 aliphatic rings. The summed E-state index contributed by atoms with van der Waals surface area (Å²) in [5.74, 6) is 0. The van der Waals surface area contributed by atoms with Crippen molar-refractivity contribution >= 4 is 5.57 Å². The van der Waals surface area contributed by atoms with Gasteiger partial charge in [-0.3, -0.25) is 0 Å². The summed E-state index contributed by atoms with van der Waals surface area (Å²) in [6.45, 7) is 4.36. The highest BCUT2D eigenvalue weighted by Crippen LogP contribution is 2.37. The first-order valence-electron chi connectivity index (χ1n) is 5.52. The van der Waals surface area contributed by atoms with Gasteiger partial charge >= 0.3 is 0 Å². The van der Waals surface area contributed by atoms with Gasteiger partial charge in [0.15, 0.2) is 0 Å². The number of aliphatic hydroxyl groups is 1. The highest BCUT2D eigenvalue weighted by Gasteiger charge is 2.26. The van der Waals surface area contributed by atoms with Gasteiger partial charge in [-0.25, -0.2) is 0 Å². The summed E-state index contributed by atoms with van der Waals surface area (Å²) in [7, 11) is 0. The van der Waals surface area contributed by atoms with Crippen molar-refractivity contribution in [3.05, 3.63) is 42.0 Å². The summed E-state index contributed by atoms with van der Waals surface area (Å²) in [4.78, 5) is 0. The fraction of sp³-hybridized carbons (Fsp3) is 0.429. The molecule has 0 spiro atoms. The Labute approximate surface area is 91.4 Å². The van der Waals surface area contributed by atoms with Gasteiger partial charge in [-0.15, -0.1) is 0 Å². The van der Waals surface area contributed by atoms with Crippen molar-refractivity contribution in [2.45, 2.75) is 32.8 Å². The minimum atomic E-state index is -0.194. The summed E-state index contributed by atoms with van der Waals surface area (Å²) < 4.78 is 0. The van der Waals surface area contributed by atoms with Crippen LogP contribution in [0.3, 0.4) is 0 Å². The Morgan fingerprint density at radius 1 is 1.20 bits per heavy atom. The molecule has 1 aromatic rings. The quantitative estimate of drug-likeness (QED) is 0.741. The highest BCUT2D eigenvalue weighted by atomic mass is 16.3. The first-order valence-corrected chi connectivity index (χ1v) is 5.52. The van der Waals surface area contributed by atoms with Crippen LogP contribution in [0.25, 0.3) is 5.57 Å². The lowest BCUT2D eigenvalue weighted by molar-refractivity contribution is 0.128. The smallest absolute Gasteiger partial charge is 0.0588 e. The van der Waals surface area contributed by atoms with Crippen LogP contribution in [0.2, 0.25) is 0 Å². The molecule has 0 amide bonds. The maximum absolute atomic E-state index is 9.84. The molecular formula is C14H18O. The van der Waals surface area contributed by atoms with E-state index in [4.69, 9.17) is 0 Å². The molecule has 1 aliphatic carbocycles. The van der Waals surface area contributed by atoms with Crippen LogP contribution in [-0.2, 0) is 0 Å². The Morgan fingerprint density at radius 3 is 2.47 bits per heavy atom. The monoisotopic (exact) mass is 202 g/mol. The molecule has 0 bridgehead atoms. The van der Waals surface area contributed by atoms with E-state index in [-0.39, 0.29) is 11.5 Å². The van der Waals surface area contributed by atoms with Crippen molar-refractivity contribution in [2.24, 2.45) is 5.41 Å². The second-order valence-corrected chi connectivity index (χ2v) is 5.09. The van der Waals surface area contributed by atoms with Gasteiger partial charge in [-0.2, -0.15) is 0 Å². The number of hydrogen-bond acceptors (Lipinski definition) is 1. The summed E-state index contributed by atoms with van der Waals surface area (Å²) in [5, 5.41) is 9.84. The van der Waals surface area contributed by atoms with Crippen molar-refractivity contribution in [1.29, 1.82) is 0 Å². The molecule has 1 heteroatoms. The van der Waals surface area contributed by atoms with Gasteiger partial charge in [0.2, 0.25) is 0 Å². The summed E-state index contributed by atoms with van der Waals surface area (Å²) >= 11 is 0. The van der Waals surface area contributed by atoms with Crippen LogP contribution in [0.5, 0.6) is 0 Å². The first-order chi connectivity index (χ1) is 7.07. The van der Waals surface area contributed by atoms with Crippen LogP contribution in [0.15, 0.2) is 36.4 Å². The van der Waals surface area contributed by atoms with Gasteiger partial charge in [0.05, 0.1) is 6.10 Å². The number of benzene rings is 1. The molecule has 1 nitrogen and oxygen atoms in total. The molecule has 0 radical (unpaired) electrons. The Bertz CT molecular complexity index is 362. The summed E-state index contributed by atoms with van der Waals surface area (Å²) in [6.07, 6.45) is 3.76. The minimum Gasteiger partial charge on any atom is -0.393 e. The summed E-state index contributed by atoms with van der Waals surface area (Å²) in [6, 6.07) is 10.3. The highest BCUT2D eigenvalue weighted by molar-refractivity contribution is 5.67. The number of hydrogen-bond donors (Lipinski definition) is 1. The van der Waals surface area contributed by atoms with Gasteiger partial charge in [0.25, 0.3) is 0 Å². The molecule has 0 aromatic heterocycles. The van der Waals surface area contributed by atoms with E-state index in [1.165, 1.54) is 11.1 Å². The van der Waals surface area contributed by atoms with E-state index in [0.29, 0.717) is 0 Å². The molecule has 1 N–H and O–H groups in total. The number of allylic oxidation sites excluding steroid dienone is 1. The van der Waals surface area contributed by atoms with E-state index in [9.17, 15) is 5.11 Å². The van der Waals surface area contributed by atoms with E-state index in [0.717, 1.165) is 12.8 Å². The Hall–Kier alpha value is -1.08. The Kier molecular flexibility index (Phi) is 2.66. The van der Waals surface area contributed by atoms with E-state index in [2.05, 4.69) is 32.1 Å². The van der Waals surface area contributed by atoms with Gasteiger partial charge in [0.1, 0.15) is 0 Å². The SMILES string of the molecule is CC1(C)C=C(c2ccccc2)CC(O)C1. The third-order valence-electron chi connectivity index (χ3n) is 2.93. The third-order valence-corrected chi connectivity index (χ3v) is 2.93. The van der Waals surface area contributed by atoms with Crippen molar-refractivity contribution in [3.63, 3.8) is 0 Å². The Balaban J connectivity index is 2.34. The molecule has 2 rings (SSSR count). The van der Waals surface area contributed by atoms with Crippen molar-refractivity contribution in [3.8, 4) is 0 Å². The number of rotatable bonds is 1. The van der Waals surface area contributed by atoms with Crippen molar-refractivity contribution < 1.29 is 5.11 Å². The molecule has 0 fully saturated rings. The number of aliphatic hydroxyl groups excluding tert-OH is 1. The average molecular weight is 202 g/mol. The van der Waals surface area contributed by atoms with Crippen molar-refractivity contribution in [2.75, 3.05) is 0 Å². The van der Waals surface area contributed by atoms with E-state index in [1.54, 1.807) is 0 Å². The standard InChI is InChI=1S/C14H18O/c1-14(2)9-12(8-13(15)10-14)11-6-4-3-5-7-11/h3-7,9,13,15H,8,10H2,1-2H3. The van der Waals surface area contributed by atoms with Crippen LogP contribution in [0, 0.1) is 5.41 Å². The van der Waals surface area contributed by atoms with Crippen LogP contribution in [0.4, 0.5) is 0 Å². The van der Waals surface area contributed by atoms with Crippen LogP contribution in [0.1, 0.15) is 32.3 Å². The van der Waals surface area contributed by atoms with Gasteiger partial charge in [-0.1, -0.05) is 50.3 Å². The molecule has 80 valence electrons. The predicted octanol–water partition coefficient (Wildman–Crippen LogP) is 3.25. The zero-order valence-electron chi connectivity index (χ0n) is 9.40. The lowest BCUT2D eigenvalue weighted by atomic mass is 9.76. The fourth-order valence-corrected chi connectivity index (χ4v) is 2.38. The molecular weight excluding hydrogens is 184 g/mol. The Morgan fingerprint density at radius 2 is 1.87 bits per heavy atom. The molecule has 0 heterocycles. The van der Waals surface area contributed by atoms with E-state index >= 15 is 0 Å². The molecule has 1 aromatic carbocycles. The zero-order chi connectivity index (χ0) is 10.9. The van der Waals surface area contributed by atoms with Crippen LogP contribution < -0.4 is 0 Å². The first kappa shape index (κ1) is 10.4. The molecule has 1 unspecified atom stereocenters. The largest absolute Gasteiger partial charge is 0.393 e. The predicted molar refractivity (Wildman–Crippen MR) is 63.4 cm³/mol. The zero-order valence-corrected chi connectivity index (χ0v) is 9.40. The topological polar surface area (TPSA) is 20.2 Å². The second kappa shape index (κ2) is 3.82.